The third kappa shape index (κ3) is 1.79. The lowest BCUT2D eigenvalue weighted by atomic mass is 10.1. The van der Waals surface area contributed by atoms with E-state index in [9.17, 15) is 0 Å². The molecule has 0 unspecified atom stereocenters. The van der Waals surface area contributed by atoms with Gasteiger partial charge >= 0.3 is 0 Å². The quantitative estimate of drug-likeness (QED) is 0.458. The summed E-state index contributed by atoms with van der Waals surface area (Å²) in [5.41, 5.74) is 10.9. The molecule has 6 nitrogen and oxygen atoms in total. The zero-order chi connectivity index (χ0) is 10.7. The average molecular weight is 200 g/mol. The van der Waals surface area contributed by atoms with E-state index in [-0.39, 0.29) is 5.82 Å². The van der Waals surface area contributed by atoms with E-state index in [0.29, 0.717) is 5.69 Å². The lowest BCUT2D eigenvalue weighted by Crippen LogP contribution is -1.79. The van der Waals surface area contributed by atoms with Gasteiger partial charge in [-0.2, -0.15) is 15.4 Å². The van der Waals surface area contributed by atoms with Crippen LogP contribution in [-0.4, -0.2) is 15.4 Å². The van der Waals surface area contributed by atoms with Crippen LogP contribution in [0, 0.1) is 6.92 Å². The highest BCUT2D eigenvalue weighted by Gasteiger charge is 2.07. The zero-order valence-electron chi connectivity index (χ0n) is 8.05. The van der Waals surface area contributed by atoms with E-state index in [0.717, 1.165) is 11.1 Å². The lowest BCUT2D eigenvalue weighted by molar-refractivity contribution is 0.941. The molecular weight excluding hydrogens is 192 g/mol. The Morgan fingerprint density at radius 3 is 2.67 bits per heavy atom. The summed E-state index contributed by atoms with van der Waals surface area (Å²) in [4.78, 5) is 2.68. The van der Waals surface area contributed by atoms with Gasteiger partial charge in [-0.25, -0.2) is 0 Å². The van der Waals surface area contributed by atoms with E-state index in [4.69, 9.17) is 5.53 Å². The Bertz CT molecular complexity index is 506. The second-order valence-electron chi connectivity index (χ2n) is 3.05. The van der Waals surface area contributed by atoms with Gasteiger partial charge in [-0.1, -0.05) is 29.8 Å². The molecule has 0 bridgehead atoms. The van der Waals surface area contributed by atoms with Gasteiger partial charge in [0.25, 0.3) is 0 Å². The van der Waals surface area contributed by atoms with Gasteiger partial charge in [-0.05, 0) is 17.6 Å². The fourth-order valence-electron chi connectivity index (χ4n) is 1.24. The van der Waals surface area contributed by atoms with Crippen LogP contribution in [0.1, 0.15) is 5.56 Å². The third-order valence-corrected chi connectivity index (χ3v) is 1.99. The van der Waals surface area contributed by atoms with Crippen molar-refractivity contribution in [1.82, 2.24) is 15.4 Å². The number of rotatable bonds is 2. The van der Waals surface area contributed by atoms with Gasteiger partial charge in [-0.3, -0.25) is 0 Å². The van der Waals surface area contributed by atoms with Gasteiger partial charge in [0, 0.05) is 10.5 Å². The second kappa shape index (κ2) is 3.81. The fraction of sp³-hybridized carbons (Fsp3) is 0.111. The van der Waals surface area contributed by atoms with E-state index < -0.39 is 0 Å². The zero-order valence-corrected chi connectivity index (χ0v) is 8.05. The largest absolute Gasteiger partial charge is 0.197 e. The second-order valence-corrected chi connectivity index (χ2v) is 3.05. The van der Waals surface area contributed by atoms with Crippen molar-refractivity contribution < 1.29 is 0 Å². The number of H-pyrrole nitrogens is 1. The van der Waals surface area contributed by atoms with Crippen molar-refractivity contribution in [1.29, 1.82) is 0 Å². The summed E-state index contributed by atoms with van der Waals surface area (Å²) < 4.78 is 0. The molecule has 0 aliphatic carbocycles. The van der Waals surface area contributed by atoms with Gasteiger partial charge in [0.05, 0.1) is 0 Å². The summed E-state index contributed by atoms with van der Waals surface area (Å²) in [6.07, 6.45) is 0. The normalized spacial score (nSPS) is 9.67. The number of hydrogen-bond donors (Lipinski definition) is 1. The minimum Gasteiger partial charge on any atom is -0.197 e. The molecule has 0 fully saturated rings. The number of aryl methyl sites for hydroxylation is 1. The Hall–Kier alpha value is -2.33. The number of benzene rings is 1. The van der Waals surface area contributed by atoms with Crippen LogP contribution in [0.2, 0.25) is 0 Å². The molecule has 0 aliphatic heterocycles. The van der Waals surface area contributed by atoms with Crippen molar-refractivity contribution in [2.24, 2.45) is 5.11 Å². The molecule has 1 aromatic heterocycles. The van der Waals surface area contributed by atoms with Gasteiger partial charge in [0.1, 0.15) is 5.69 Å². The summed E-state index contributed by atoms with van der Waals surface area (Å²) in [5, 5.41) is 13.6. The molecule has 0 saturated carbocycles. The Labute approximate surface area is 85.6 Å². The molecule has 0 atom stereocenters. The highest BCUT2D eigenvalue weighted by Crippen LogP contribution is 2.25. The maximum atomic E-state index is 8.33. The SMILES string of the molecule is Cc1ccc(-c2n[nH]nc2N=[N+]=[N-])cc1. The molecule has 0 spiro atoms. The van der Waals surface area contributed by atoms with E-state index >= 15 is 0 Å². The molecule has 0 aliphatic rings. The molecule has 74 valence electrons. The van der Waals surface area contributed by atoms with Gasteiger partial charge in [0.15, 0.2) is 5.82 Å². The molecule has 1 heterocycles. The maximum absolute atomic E-state index is 8.33. The summed E-state index contributed by atoms with van der Waals surface area (Å²) in [7, 11) is 0. The minimum atomic E-state index is 0.265. The molecule has 15 heavy (non-hydrogen) atoms. The fourth-order valence-corrected chi connectivity index (χ4v) is 1.24. The third-order valence-electron chi connectivity index (χ3n) is 1.99. The number of hydrogen-bond acceptors (Lipinski definition) is 3. The monoisotopic (exact) mass is 200 g/mol. The van der Waals surface area contributed by atoms with Crippen molar-refractivity contribution >= 4 is 5.82 Å². The van der Waals surface area contributed by atoms with E-state index in [1.807, 2.05) is 31.2 Å². The van der Waals surface area contributed by atoms with Crippen molar-refractivity contribution in [2.45, 2.75) is 6.92 Å². The molecule has 2 rings (SSSR count). The van der Waals surface area contributed by atoms with Gasteiger partial charge in [-0.15, -0.1) is 0 Å². The first-order valence-electron chi connectivity index (χ1n) is 4.34. The first kappa shape index (κ1) is 9.23. The van der Waals surface area contributed by atoms with Crippen molar-refractivity contribution in [3.63, 3.8) is 0 Å². The van der Waals surface area contributed by atoms with Crippen LogP contribution in [0.15, 0.2) is 29.4 Å². The van der Waals surface area contributed by atoms with Crippen molar-refractivity contribution in [3.8, 4) is 11.3 Å². The van der Waals surface area contributed by atoms with Crippen LogP contribution in [0.25, 0.3) is 21.7 Å². The smallest absolute Gasteiger partial charge is 0.176 e. The topological polar surface area (TPSA) is 90.3 Å². The lowest BCUT2D eigenvalue weighted by Gasteiger charge is -1.97. The number of nitrogens with one attached hydrogen (secondary N) is 1. The van der Waals surface area contributed by atoms with Crippen LogP contribution in [0.3, 0.4) is 0 Å². The molecule has 1 aromatic carbocycles. The first-order chi connectivity index (χ1) is 7.31. The van der Waals surface area contributed by atoms with Crippen LogP contribution < -0.4 is 0 Å². The van der Waals surface area contributed by atoms with Gasteiger partial charge < -0.3 is 0 Å². The Balaban J connectivity index is 2.49. The summed E-state index contributed by atoms with van der Waals surface area (Å²) >= 11 is 0. The Kier molecular flexibility index (Phi) is 2.35. The van der Waals surface area contributed by atoms with E-state index in [1.165, 1.54) is 0 Å². The van der Waals surface area contributed by atoms with Crippen molar-refractivity contribution in [2.75, 3.05) is 0 Å². The number of azide groups is 1. The maximum Gasteiger partial charge on any atom is 0.176 e. The van der Waals surface area contributed by atoms with Gasteiger partial charge in [0.2, 0.25) is 0 Å². The summed E-state index contributed by atoms with van der Waals surface area (Å²) in [5.74, 6) is 0.265. The molecule has 0 saturated heterocycles. The molecule has 2 aromatic rings. The van der Waals surface area contributed by atoms with Crippen LogP contribution >= 0.6 is 0 Å². The van der Waals surface area contributed by atoms with Crippen LogP contribution in [-0.2, 0) is 0 Å². The molecule has 1 N–H and O–H groups in total. The Morgan fingerprint density at radius 1 is 1.27 bits per heavy atom. The predicted molar refractivity (Wildman–Crippen MR) is 55.4 cm³/mol. The molecular formula is C9H8N6. The van der Waals surface area contributed by atoms with Crippen LogP contribution in [0.4, 0.5) is 5.82 Å². The molecule has 0 amide bonds. The predicted octanol–water partition coefficient (Wildman–Crippen LogP) is 2.72. The minimum absolute atomic E-state index is 0.265. The van der Waals surface area contributed by atoms with Crippen LogP contribution in [0.5, 0.6) is 0 Å². The number of nitrogens with zero attached hydrogens (tertiary/aromatic N) is 5. The molecule has 0 radical (unpaired) electrons. The highest BCUT2D eigenvalue weighted by atomic mass is 15.4. The Morgan fingerprint density at radius 2 is 2.00 bits per heavy atom. The standard InChI is InChI=1S/C9H8N6/c1-6-2-4-7(5-3-6)8-9(12-14-10)13-15-11-8/h2-5H,1H3,(H,11,13,15). The van der Waals surface area contributed by atoms with Crippen molar-refractivity contribution in [3.05, 3.63) is 40.3 Å². The number of aromatic nitrogens is 3. The van der Waals surface area contributed by atoms with E-state index in [2.05, 4.69) is 25.4 Å². The summed E-state index contributed by atoms with van der Waals surface area (Å²) in [6, 6.07) is 7.74. The highest BCUT2D eigenvalue weighted by molar-refractivity contribution is 5.68. The first-order valence-corrected chi connectivity index (χ1v) is 4.34. The average Bonchev–Trinajstić information content (AvgIpc) is 2.68. The van der Waals surface area contributed by atoms with E-state index in [1.54, 1.807) is 0 Å². The summed E-state index contributed by atoms with van der Waals surface area (Å²) in [6.45, 7) is 2.00. The molecule has 6 heteroatoms. The number of aromatic amines is 1.